The predicted octanol–water partition coefficient (Wildman–Crippen LogP) is 2.80. The Morgan fingerprint density at radius 3 is 2.89 bits per heavy atom. The highest BCUT2D eigenvalue weighted by Gasteiger charge is 2.23. The first-order valence-corrected chi connectivity index (χ1v) is 7.08. The molecule has 4 nitrogen and oxygen atoms in total. The molecule has 1 fully saturated rings. The van der Waals surface area contributed by atoms with Gasteiger partial charge in [0, 0.05) is 19.3 Å². The number of carbonyl (C=O) groups is 1. The van der Waals surface area contributed by atoms with Gasteiger partial charge in [0.25, 0.3) is 0 Å². The number of rotatable bonds is 3. The molecule has 1 aromatic rings. The molecule has 4 heteroatoms. The maximum atomic E-state index is 12.1. The Kier molecular flexibility index (Phi) is 4.77. The van der Waals surface area contributed by atoms with E-state index in [-0.39, 0.29) is 6.03 Å². The van der Waals surface area contributed by atoms with Gasteiger partial charge in [-0.2, -0.15) is 0 Å². The fourth-order valence-electron chi connectivity index (χ4n) is 2.61. The minimum absolute atomic E-state index is 0.00408. The molecular formula is C15H23N3O. The van der Waals surface area contributed by atoms with E-state index in [9.17, 15) is 4.79 Å². The summed E-state index contributed by atoms with van der Waals surface area (Å²) in [4.78, 5) is 18.1. The summed E-state index contributed by atoms with van der Waals surface area (Å²) in [6.07, 6.45) is 6.58. The maximum absolute atomic E-state index is 12.1. The van der Waals surface area contributed by atoms with Gasteiger partial charge < -0.3 is 10.2 Å². The van der Waals surface area contributed by atoms with E-state index in [1.54, 1.807) is 11.1 Å². The van der Waals surface area contributed by atoms with Crippen LogP contribution < -0.4 is 5.32 Å². The van der Waals surface area contributed by atoms with E-state index in [1.165, 1.54) is 19.3 Å². The molecule has 0 aromatic carbocycles. The highest BCUT2D eigenvalue weighted by molar-refractivity contribution is 5.74. The number of pyridine rings is 1. The molecule has 2 rings (SSSR count). The highest BCUT2D eigenvalue weighted by atomic mass is 16.2. The summed E-state index contributed by atoms with van der Waals surface area (Å²) in [5, 5.41) is 3.15. The van der Waals surface area contributed by atoms with E-state index >= 15 is 0 Å². The van der Waals surface area contributed by atoms with Crippen LogP contribution in [0.5, 0.6) is 0 Å². The summed E-state index contributed by atoms with van der Waals surface area (Å²) < 4.78 is 0. The number of hydrogen-bond acceptors (Lipinski definition) is 2. The zero-order valence-electron chi connectivity index (χ0n) is 11.8. The molecule has 1 aliphatic rings. The molecule has 1 N–H and O–H groups in total. The summed E-state index contributed by atoms with van der Waals surface area (Å²) in [5.74, 6) is 0.584. The number of carbonyl (C=O) groups excluding carboxylic acids is 1. The fraction of sp³-hybridized carbons (Fsp3) is 0.600. The predicted molar refractivity (Wildman–Crippen MR) is 75.7 cm³/mol. The number of nitrogens with zero attached hydrogens (tertiary/aromatic N) is 2. The molecule has 1 aliphatic carbocycles. The molecule has 1 aromatic heterocycles. The lowest BCUT2D eigenvalue weighted by molar-refractivity contribution is 0.189. The lowest BCUT2D eigenvalue weighted by Crippen LogP contribution is -2.46. The average molecular weight is 261 g/mol. The molecule has 2 atom stereocenters. The van der Waals surface area contributed by atoms with Crippen molar-refractivity contribution in [3.63, 3.8) is 0 Å². The summed E-state index contributed by atoms with van der Waals surface area (Å²) in [6, 6.07) is 6.09. The SMILES string of the molecule is CC1CCCCC1NC(=O)N(C)Cc1ccccn1. The van der Waals surface area contributed by atoms with Crippen LogP contribution in [0.15, 0.2) is 24.4 Å². The fourth-order valence-corrected chi connectivity index (χ4v) is 2.61. The molecule has 0 radical (unpaired) electrons. The van der Waals surface area contributed by atoms with Crippen molar-refractivity contribution < 1.29 is 4.79 Å². The minimum atomic E-state index is 0.00408. The molecule has 19 heavy (non-hydrogen) atoms. The van der Waals surface area contributed by atoms with Crippen molar-refractivity contribution in [2.24, 2.45) is 5.92 Å². The Morgan fingerprint density at radius 1 is 1.42 bits per heavy atom. The van der Waals surface area contributed by atoms with Crippen LogP contribution >= 0.6 is 0 Å². The van der Waals surface area contributed by atoms with E-state index in [0.29, 0.717) is 18.5 Å². The van der Waals surface area contributed by atoms with E-state index < -0.39 is 0 Å². The second kappa shape index (κ2) is 6.55. The molecule has 0 saturated heterocycles. The van der Waals surface area contributed by atoms with Crippen LogP contribution in [0.2, 0.25) is 0 Å². The minimum Gasteiger partial charge on any atom is -0.335 e. The molecule has 1 saturated carbocycles. The van der Waals surface area contributed by atoms with Crippen LogP contribution in [-0.2, 0) is 6.54 Å². The third-order valence-corrected chi connectivity index (χ3v) is 3.89. The Hall–Kier alpha value is -1.58. The van der Waals surface area contributed by atoms with Crippen LogP contribution in [0.25, 0.3) is 0 Å². The second-order valence-electron chi connectivity index (χ2n) is 5.49. The second-order valence-corrected chi connectivity index (χ2v) is 5.49. The lowest BCUT2D eigenvalue weighted by atomic mass is 9.86. The number of hydrogen-bond donors (Lipinski definition) is 1. The van der Waals surface area contributed by atoms with Crippen molar-refractivity contribution in [2.45, 2.75) is 45.2 Å². The molecule has 0 aliphatic heterocycles. The average Bonchev–Trinajstić information content (AvgIpc) is 2.42. The van der Waals surface area contributed by atoms with Crippen molar-refractivity contribution in [3.8, 4) is 0 Å². The van der Waals surface area contributed by atoms with Gasteiger partial charge in [-0.25, -0.2) is 4.79 Å². The molecule has 104 valence electrons. The van der Waals surface area contributed by atoms with Crippen molar-refractivity contribution in [1.29, 1.82) is 0 Å². The number of nitrogens with one attached hydrogen (secondary N) is 1. The zero-order chi connectivity index (χ0) is 13.7. The Morgan fingerprint density at radius 2 is 2.21 bits per heavy atom. The molecule has 0 spiro atoms. The molecule has 2 unspecified atom stereocenters. The van der Waals surface area contributed by atoms with E-state index in [4.69, 9.17) is 0 Å². The van der Waals surface area contributed by atoms with Gasteiger partial charge in [0.15, 0.2) is 0 Å². The first-order chi connectivity index (χ1) is 9.16. The smallest absolute Gasteiger partial charge is 0.317 e. The zero-order valence-corrected chi connectivity index (χ0v) is 11.8. The summed E-state index contributed by atoms with van der Waals surface area (Å²) in [5.41, 5.74) is 0.914. The van der Waals surface area contributed by atoms with Crippen LogP contribution in [0.3, 0.4) is 0 Å². The van der Waals surface area contributed by atoms with Gasteiger partial charge in [0.05, 0.1) is 12.2 Å². The lowest BCUT2D eigenvalue weighted by Gasteiger charge is -2.31. The van der Waals surface area contributed by atoms with Crippen molar-refractivity contribution in [1.82, 2.24) is 15.2 Å². The molecule has 0 bridgehead atoms. The van der Waals surface area contributed by atoms with Gasteiger partial charge >= 0.3 is 6.03 Å². The van der Waals surface area contributed by atoms with E-state index in [2.05, 4.69) is 17.2 Å². The Balaban J connectivity index is 1.85. The summed E-state index contributed by atoms with van der Waals surface area (Å²) in [6.45, 7) is 2.77. The summed E-state index contributed by atoms with van der Waals surface area (Å²) in [7, 11) is 1.82. The van der Waals surface area contributed by atoms with Gasteiger partial charge in [-0.05, 0) is 30.9 Å². The Labute approximate surface area is 115 Å². The van der Waals surface area contributed by atoms with E-state index in [0.717, 1.165) is 12.1 Å². The quantitative estimate of drug-likeness (QED) is 0.909. The van der Waals surface area contributed by atoms with E-state index in [1.807, 2.05) is 25.2 Å². The summed E-state index contributed by atoms with van der Waals surface area (Å²) >= 11 is 0. The monoisotopic (exact) mass is 261 g/mol. The van der Waals surface area contributed by atoms with Crippen LogP contribution in [-0.4, -0.2) is 29.0 Å². The maximum Gasteiger partial charge on any atom is 0.317 e. The van der Waals surface area contributed by atoms with Crippen molar-refractivity contribution in [3.05, 3.63) is 30.1 Å². The van der Waals surface area contributed by atoms with Crippen LogP contribution in [0.1, 0.15) is 38.3 Å². The third-order valence-electron chi connectivity index (χ3n) is 3.89. The topological polar surface area (TPSA) is 45.2 Å². The number of urea groups is 1. The molecule has 2 amide bonds. The molecule has 1 heterocycles. The van der Waals surface area contributed by atoms with Gasteiger partial charge in [-0.3, -0.25) is 4.98 Å². The normalized spacial score (nSPS) is 22.8. The van der Waals surface area contributed by atoms with Gasteiger partial charge in [-0.15, -0.1) is 0 Å². The van der Waals surface area contributed by atoms with Crippen molar-refractivity contribution >= 4 is 6.03 Å². The largest absolute Gasteiger partial charge is 0.335 e. The molecular weight excluding hydrogens is 238 g/mol. The third kappa shape index (κ3) is 3.94. The first kappa shape index (κ1) is 13.8. The van der Waals surface area contributed by atoms with Crippen LogP contribution in [0.4, 0.5) is 4.79 Å². The van der Waals surface area contributed by atoms with Crippen LogP contribution in [0, 0.1) is 5.92 Å². The number of amides is 2. The van der Waals surface area contributed by atoms with Gasteiger partial charge in [0.1, 0.15) is 0 Å². The first-order valence-electron chi connectivity index (χ1n) is 7.08. The highest BCUT2D eigenvalue weighted by Crippen LogP contribution is 2.23. The van der Waals surface area contributed by atoms with Gasteiger partial charge in [-0.1, -0.05) is 25.8 Å². The standard InChI is InChI=1S/C15H23N3O/c1-12-7-3-4-9-14(12)17-15(19)18(2)11-13-8-5-6-10-16-13/h5-6,8,10,12,14H,3-4,7,9,11H2,1-2H3,(H,17,19). The Bertz CT molecular complexity index is 407. The van der Waals surface area contributed by atoms with Gasteiger partial charge in [0.2, 0.25) is 0 Å². The number of aromatic nitrogens is 1. The van der Waals surface area contributed by atoms with Crippen molar-refractivity contribution in [2.75, 3.05) is 7.05 Å².